The molecule has 0 spiro atoms. The first-order chi connectivity index (χ1) is 12.8. The van der Waals surface area contributed by atoms with Crippen molar-refractivity contribution in [2.24, 2.45) is 11.8 Å². The van der Waals surface area contributed by atoms with E-state index in [1.807, 2.05) is 6.92 Å². The van der Waals surface area contributed by atoms with E-state index in [4.69, 9.17) is 0 Å². The van der Waals surface area contributed by atoms with Crippen LogP contribution in [-0.2, 0) is 14.4 Å². The molecule has 0 saturated carbocycles. The molecule has 6 atom stereocenters. The first-order valence-corrected chi connectivity index (χ1v) is 10.2. The van der Waals surface area contributed by atoms with Crippen molar-refractivity contribution in [3.8, 4) is 0 Å². The van der Waals surface area contributed by atoms with Gasteiger partial charge in [0.25, 0.3) is 0 Å². The zero-order valence-electron chi connectivity index (χ0n) is 15.8. The molecular formula is C18H27N3O5S. The Morgan fingerprint density at radius 1 is 1.44 bits per heavy atom. The number of thioether (sulfide) groups is 1. The van der Waals surface area contributed by atoms with Gasteiger partial charge in [0, 0.05) is 42.1 Å². The number of rotatable bonds is 7. The second-order valence-electron chi connectivity index (χ2n) is 7.56. The third-order valence-electron chi connectivity index (χ3n) is 5.79. The monoisotopic (exact) mass is 397 g/mol. The molecule has 0 aromatic rings. The number of fused-ring (bicyclic) bond motifs is 1. The van der Waals surface area contributed by atoms with Crippen LogP contribution in [0.15, 0.2) is 10.6 Å². The maximum Gasteiger partial charge on any atom is 0.353 e. The molecule has 27 heavy (non-hydrogen) atoms. The fourth-order valence-corrected chi connectivity index (χ4v) is 5.90. The third-order valence-corrected chi connectivity index (χ3v) is 7.30. The van der Waals surface area contributed by atoms with Gasteiger partial charge in [0.05, 0.1) is 18.1 Å². The summed E-state index contributed by atoms with van der Waals surface area (Å²) in [5.74, 6) is -2.02. The van der Waals surface area contributed by atoms with Gasteiger partial charge in [-0.15, -0.1) is 11.8 Å². The van der Waals surface area contributed by atoms with E-state index in [1.54, 1.807) is 14.0 Å². The summed E-state index contributed by atoms with van der Waals surface area (Å²) in [7, 11) is 1.62. The molecule has 2 saturated heterocycles. The number of aliphatic carboxylic acids is 1. The number of carbonyl (C=O) groups excluding carboxylic acids is 2. The number of hydrogen-bond donors (Lipinski definition) is 4. The molecule has 3 rings (SSSR count). The standard InChI is InChI=1S/C18H27N3O5S/c1-8-14-13(9(2)22)17(24)21(14)15(18(25)26)16(8)27-11-6-10(20-7-11)4-5-12(23)19-3/h8-11,13-14,20,22H,4-7H2,1-3H3,(H,19,23)(H,25,26)/t8-,9?,10-,11+,13-,14-/m1/s1. The molecule has 2 fully saturated rings. The van der Waals surface area contributed by atoms with Crippen LogP contribution in [0.5, 0.6) is 0 Å². The molecule has 8 nitrogen and oxygen atoms in total. The summed E-state index contributed by atoms with van der Waals surface area (Å²) in [4.78, 5) is 37.7. The van der Waals surface area contributed by atoms with E-state index in [9.17, 15) is 24.6 Å². The quantitative estimate of drug-likeness (QED) is 0.451. The van der Waals surface area contributed by atoms with Crippen LogP contribution in [0.2, 0.25) is 0 Å². The minimum atomic E-state index is -1.09. The van der Waals surface area contributed by atoms with Crippen molar-refractivity contribution in [1.82, 2.24) is 15.5 Å². The lowest BCUT2D eigenvalue weighted by atomic mass is 9.79. The van der Waals surface area contributed by atoms with Crippen molar-refractivity contribution >= 4 is 29.5 Å². The Morgan fingerprint density at radius 2 is 2.15 bits per heavy atom. The zero-order valence-corrected chi connectivity index (χ0v) is 16.6. The lowest BCUT2D eigenvalue weighted by Gasteiger charge is -2.46. The maximum atomic E-state index is 12.4. The molecule has 0 aliphatic carbocycles. The van der Waals surface area contributed by atoms with Gasteiger partial charge in [-0.05, 0) is 19.8 Å². The average Bonchev–Trinajstić information content (AvgIpc) is 3.14. The fraction of sp³-hybridized carbons (Fsp3) is 0.722. The normalized spacial score (nSPS) is 33.7. The van der Waals surface area contributed by atoms with Crippen molar-refractivity contribution in [2.75, 3.05) is 13.6 Å². The highest BCUT2D eigenvalue weighted by atomic mass is 32.2. The molecule has 0 radical (unpaired) electrons. The van der Waals surface area contributed by atoms with E-state index in [-0.39, 0.29) is 40.8 Å². The molecule has 3 aliphatic heterocycles. The number of amides is 2. The Hall–Kier alpha value is -1.58. The van der Waals surface area contributed by atoms with Crippen molar-refractivity contribution in [2.45, 2.75) is 56.5 Å². The summed E-state index contributed by atoms with van der Waals surface area (Å²) in [6.45, 7) is 4.25. The van der Waals surface area contributed by atoms with E-state index in [2.05, 4.69) is 10.6 Å². The predicted molar refractivity (Wildman–Crippen MR) is 101 cm³/mol. The summed E-state index contributed by atoms with van der Waals surface area (Å²) in [6.07, 6.45) is 1.27. The number of nitrogens with zero attached hydrogens (tertiary/aromatic N) is 1. The number of carboxylic acid groups (broad SMARTS) is 1. The molecule has 3 aliphatic rings. The van der Waals surface area contributed by atoms with Crippen molar-refractivity contribution < 1.29 is 24.6 Å². The van der Waals surface area contributed by atoms with Crippen LogP contribution in [0.1, 0.15) is 33.1 Å². The molecule has 150 valence electrons. The Bertz CT molecular complexity index is 680. The van der Waals surface area contributed by atoms with Crippen LogP contribution >= 0.6 is 11.8 Å². The van der Waals surface area contributed by atoms with Crippen LogP contribution in [0.4, 0.5) is 0 Å². The van der Waals surface area contributed by atoms with Crippen molar-refractivity contribution in [3.63, 3.8) is 0 Å². The van der Waals surface area contributed by atoms with Gasteiger partial charge in [-0.3, -0.25) is 9.59 Å². The molecule has 3 heterocycles. The molecule has 2 amide bonds. The number of hydrogen-bond acceptors (Lipinski definition) is 6. The van der Waals surface area contributed by atoms with Gasteiger partial charge in [-0.1, -0.05) is 6.92 Å². The van der Waals surface area contributed by atoms with Crippen LogP contribution in [0.25, 0.3) is 0 Å². The summed E-state index contributed by atoms with van der Waals surface area (Å²) in [5, 5.41) is 25.8. The lowest BCUT2D eigenvalue weighted by Crippen LogP contribution is -2.63. The molecule has 0 bridgehead atoms. The van der Waals surface area contributed by atoms with Crippen molar-refractivity contribution in [3.05, 3.63) is 10.6 Å². The van der Waals surface area contributed by atoms with Gasteiger partial charge >= 0.3 is 5.97 Å². The summed E-state index contributed by atoms with van der Waals surface area (Å²) in [6, 6.07) is -0.0428. The van der Waals surface area contributed by atoms with Crippen LogP contribution in [0.3, 0.4) is 0 Å². The number of β-lactam (4-membered cyclic amide) rings is 1. The first kappa shape index (κ1) is 20.2. The molecular weight excluding hydrogens is 370 g/mol. The van der Waals surface area contributed by atoms with E-state index < -0.39 is 18.0 Å². The third kappa shape index (κ3) is 3.60. The molecule has 0 aromatic heterocycles. The Morgan fingerprint density at radius 3 is 2.74 bits per heavy atom. The predicted octanol–water partition coefficient (Wildman–Crippen LogP) is 0.130. The van der Waals surface area contributed by atoms with Gasteiger partial charge < -0.3 is 25.7 Å². The van der Waals surface area contributed by atoms with Crippen LogP contribution < -0.4 is 10.6 Å². The number of carboxylic acids is 1. The number of carbonyl (C=O) groups is 3. The Kier molecular flexibility index (Phi) is 5.83. The highest BCUT2D eigenvalue weighted by Crippen LogP contribution is 2.51. The summed E-state index contributed by atoms with van der Waals surface area (Å²) < 4.78 is 0. The molecule has 1 unspecified atom stereocenters. The molecule has 4 N–H and O–H groups in total. The van der Waals surface area contributed by atoms with E-state index >= 15 is 0 Å². The highest BCUT2D eigenvalue weighted by molar-refractivity contribution is 8.03. The molecule has 9 heteroatoms. The fourth-order valence-electron chi connectivity index (χ4n) is 4.38. The largest absolute Gasteiger partial charge is 0.477 e. The number of aliphatic hydroxyl groups excluding tert-OH is 1. The van der Waals surface area contributed by atoms with Gasteiger partial charge in [0.2, 0.25) is 11.8 Å². The van der Waals surface area contributed by atoms with E-state index in [0.717, 1.165) is 24.3 Å². The minimum absolute atomic E-state index is 0.0141. The maximum absolute atomic E-state index is 12.4. The topological polar surface area (TPSA) is 119 Å². The second-order valence-corrected chi connectivity index (χ2v) is 8.91. The van der Waals surface area contributed by atoms with Gasteiger partial charge in [0.1, 0.15) is 5.70 Å². The Labute approximate surface area is 162 Å². The minimum Gasteiger partial charge on any atom is -0.477 e. The van der Waals surface area contributed by atoms with Gasteiger partial charge in [-0.2, -0.15) is 0 Å². The number of nitrogens with one attached hydrogen (secondary N) is 2. The second kappa shape index (κ2) is 7.81. The van der Waals surface area contributed by atoms with Crippen molar-refractivity contribution in [1.29, 1.82) is 0 Å². The van der Waals surface area contributed by atoms with Crippen LogP contribution in [-0.4, -0.2) is 69.9 Å². The van der Waals surface area contributed by atoms with Crippen LogP contribution in [0, 0.1) is 11.8 Å². The zero-order chi connectivity index (χ0) is 19.9. The first-order valence-electron chi connectivity index (χ1n) is 9.35. The summed E-state index contributed by atoms with van der Waals surface area (Å²) in [5.41, 5.74) is 0.0770. The van der Waals surface area contributed by atoms with E-state index in [0.29, 0.717) is 6.42 Å². The lowest BCUT2D eigenvalue weighted by molar-refractivity contribution is -0.163. The highest BCUT2D eigenvalue weighted by Gasteiger charge is 2.60. The number of aliphatic hydroxyl groups is 1. The SMILES string of the molecule is CNC(=O)CC[C@@H]1C[C@H](SC2=C(C(=O)O)N3C(=O)[C@H](C(C)O)[C@H]3[C@H]2C)CN1. The smallest absolute Gasteiger partial charge is 0.353 e. The Balaban J connectivity index is 1.68. The van der Waals surface area contributed by atoms with Gasteiger partial charge in [0.15, 0.2) is 0 Å². The molecule has 0 aromatic carbocycles. The van der Waals surface area contributed by atoms with Gasteiger partial charge in [-0.25, -0.2) is 4.79 Å². The summed E-state index contributed by atoms with van der Waals surface area (Å²) >= 11 is 1.53. The average molecular weight is 397 g/mol. The van der Waals surface area contributed by atoms with E-state index in [1.165, 1.54) is 16.7 Å².